The summed E-state index contributed by atoms with van der Waals surface area (Å²) < 4.78 is 11.3. The van der Waals surface area contributed by atoms with Gasteiger partial charge in [0.1, 0.15) is 11.2 Å². The van der Waals surface area contributed by atoms with E-state index in [0.29, 0.717) is 17.6 Å². The number of para-hydroxylation sites is 2. The molecule has 0 saturated carbocycles. The fraction of sp³-hybridized carbons (Fsp3) is 0.0339. The van der Waals surface area contributed by atoms with Gasteiger partial charge in [-0.2, -0.15) is 9.97 Å². The van der Waals surface area contributed by atoms with Gasteiger partial charge in [0.25, 0.3) is 0 Å². The molecule has 306 valence electrons. The van der Waals surface area contributed by atoms with E-state index in [1.165, 1.54) is 41.7 Å². The Hall–Kier alpha value is -8.19. The normalized spacial score (nSPS) is 11.8. The van der Waals surface area contributed by atoms with E-state index >= 15 is 0 Å². The zero-order valence-electron chi connectivity index (χ0n) is 35.6. The van der Waals surface area contributed by atoms with Crippen LogP contribution in [0, 0.1) is 0 Å². The van der Waals surface area contributed by atoms with E-state index in [1.807, 2.05) is 43.4 Å². The van der Waals surface area contributed by atoms with Crippen LogP contribution in [0.3, 0.4) is 0 Å². The van der Waals surface area contributed by atoms with Crippen molar-refractivity contribution in [3.63, 3.8) is 0 Å². The minimum Gasteiger partial charge on any atom is -0.456 e. The second kappa shape index (κ2) is 14.7. The number of nitrogens with zero attached hydrogens (tertiary/aromatic N) is 4. The van der Waals surface area contributed by atoms with Crippen LogP contribution in [-0.2, 0) is 0 Å². The minimum absolute atomic E-state index is 0.545. The van der Waals surface area contributed by atoms with Gasteiger partial charge in [-0.1, -0.05) is 172 Å². The summed E-state index contributed by atoms with van der Waals surface area (Å²) in [6.07, 6.45) is 0. The lowest BCUT2D eigenvalue weighted by Crippen LogP contribution is -2.07. The molecule has 65 heavy (non-hydrogen) atoms. The van der Waals surface area contributed by atoms with Crippen LogP contribution >= 0.6 is 11.3 Å². The predicted octanol–water partition coefficient (Wildman–Crippen LogP) is 16.7. The third-order valence-electron chi connectivity index (χ3n) is 12.8. The van der Waals surface area contributed by atoms with E-state index < -0.39 is 0 Å². The van der Waals surface area contributed by atoms with Gasteiger partial charge >= 0.3 is 0 Å². The summed E-state index contributed by atoms with van der Waals surface area (Å²) in [5, 5.41) is 14.0. The second-order valence-electron chi connectivity index (χ2n) is 16.3. The molecule has 0 aliphatic carbocycles. The molecule has 14 aromatic rings. The molecule has 6 heteroatoms. The molecular weight excluding hydrogens is 813 g/mol. The van der Waals surface area contributed by atoms with E-state index in [1.54, 1.807) is 0 Å². The molecule has 0 N–H and O–H groups in total. The molecule has 10 aromatic carbocycles. The average molecular weight is 851 g/mol. The van der Waals surface area contributed by atoms with E-state index in [9.17, 15) is 0 Å². The number of aromatic nitrogens is 4. The highest BCUT2D eigenvalue weighted by atomic mass is 32.1. The first-order chi connectivity index (χ1) is 32.2. The maximum atomic E-state index is 6.42. The van der Waals surface area contributed by atoms with Crippen LogP contribution in [0.5, 0.6) is 0 Å². The molecule has 0 amide bonds. The molecule has 4 heterocycles. The first-order valence-electron chi connectivity index (χ1n) is 22.2. The quantitative estimate of drug-likeness (QED) is 0.166. The van der Waals surface area contributed by atoms with E-state index in [0.717, 1.165) is 76.8 Å². The molecular formula is C59H38N4OS. The van der Waals surface area contributed by atoms with E-state index in [2.05, 4.69) is 180 Å². The number of fused-ring (bicyclic) bond motifs is 15. The Balaban J connectivity index is 0.00000209. The van der Waals surface area contributed by atoms with Crippen LogP contribution in [0.4, 0.5) is 0 Å². The maximum Gasteiger partial charge on any atom is 0.238 e. The van der Waals surface area contributed by atoms with Gasteiger partial charge in [-0.05, 0) is 68.9 Å². The van der Waals surface area contributed by atoms with Crippen molar-refractivity contribution in [1.82, 2.24) is 19.5 Å². The predicted molar refractivity (Wildman–Crippen MR) is 275 cm³/mol. The number of benzene rings is 10. The highest BCUT2D eigenvalue weighted by Gasteiger charge is 2.25. The van der Waals surface area contributed by atoms with Crippen molar-refractivity contribution in [1.29, 1.82) is 0 Å². The largest absolute Gasteiger partial charge is 0.456 e. The average Bonchev–Trinajstić information content (AvgIpc) is 4.06. The van der Waals surface area contributed by atoms with Crippen LogP contribution in [0.1, 0.15) is 13.8 Å². The van der Waals surface area contributed by atoms with E-state index in [4.69, 9.17) is 19.4 Å². The zero-order chi connectivity index (χ0) is 43.2. The monoisotopic (exact) mass is 850 g/mol. The number of hydrogen-bond acceptors (Lipinski definition) is 5. The molecule has 5 nitrogen and oxygen atoms in total. The lowest BCUT2D eigenvalue weighted by molar-refractivity contribution is 0.669. The Morgan fingerprint density at radius 2 is 0.969 bits per heavy atom. The summed E-state index contributed by atoms with van der Waals surface area (Å²) >= 11 is 1.84. The standard InChI is InChI=1S/C57H32N4OS.C2H6/c1-2-13-34-30-36(25-24-33(34)12-1)55-58-56(37-27-28-42-41-16-7-9-22-48(41)62-49(42)31-37)60-57(59-55)61-53-38(35-26-29-44-43-17-8-10-23-50(43)63-51(44)32-35)20-11-21-47(53)52-45-18-5-3-14-39(45)40-15-4-6-19-46(40)54(52)61;1-2/h1-32H;1-2H3. The van der Waals surface area contributed by atoms with Gasteiger partial charge in [0.05, 0.1) is 11.0 Å². The number of furan rings is 1. The van der Waals surface area contributed by atoms with Crippen molar-refractivity contribution in [2.75, 3.05) is 0 Å². The third-order valence-corrected chi connectivity index (χ3v) is 13.9. The van der Waals surface area contributed by atoms with Crippen LogP contribution in [0.2, 0.25) is 0 Å². The van der Waals surface area contributed by atoms with E-state index in [-0.39, 0.29) is 0 Å². The topological polar surface area (TPSA) is 56.7 Å². The fourth-order valence-electron chi connectivity index (χ4n) is 9.97. The Morgan fingerprint density at radius 1 is 0.385 bits per heavy atom. The first-order valence-corrected chi connectivity index (χ1v) is 23.0. The summed E-state index contributed by atoms with van der Waals surface area (Å²) in [6.45, 7) is 4.00. The van der Waals surface area contributed by atoms with Crippen molar-refractivity contribution in [2.24, 2.45) is 0 Å². The van der Waals surface area contributed by atoms with Crippen LogP contribution in [0.25, 0.3) is 136 Å². The number of hydrogen-bond donors (Lipinski definition) is 0. The van der Waals surface area contributed by atoms with Gasteiger partial charge in [-0.25, -0.2) is 4.98 Å². The van der Waals surface area contributed by atoms with Crippen molar-refractivity contribution in [3.8, 4) is 39.9 Å². The second-order valence-corrected chi connectivity index (χ2v) is 17.4. The maximum absolute atomic E-state index is 6.42. The molecule has 0 spiro atoms. The highest BCUT2D eigenvalue weighted by Crippen LogP contribution is 2.46. The Bertz CT molecular complexity index is 4230. The summed E-state index contributed by atoms with van der Waals surface area (Å²) in [4.78, 5) is 16.3. The summed E-state index contributed by atoms with van der Waals surface area (Å²) in [5.41, 5.74) is 7.74. The van der Waals surface area contributed by atoms with Gasteiger partial charge in [0, 0.05) is 63.8 Å². The van der Waals surface area contributed by atoms with Crippen LogP contribution in [-0.4, -0.2) is 19.5 Å². The number of thiophene rings is 1. The van der Waals surface area contributed by atoms with Crippen LogP contribution in [0.15, 0.2) is 199 Å². The number of rotatable bonds is 4. The van der Waals surface area contributed by atoms with Gasteiger partial charge in [0.2, 0.25) is 5.95 Å². The zero-order valence-corrected chi connectivity index (χ0v) is 36.4. The molecule has 0 aliphatic heterocycles. The molecule has 4 aromatic heterocycles. The van der Waals surface area contributed by atoms with Gasteiger partial charge in [0.15, 0.2) is 11.6 Å². The van der Waals surface area contributed by atoms with Crippen molar-refractivity contribution < 1.29 is 4.42 Å². The lowest BCUT2D eigenvalue weighted by atomic mass is 9.96. The Labute approximate surface area is 377 Å². The first kappa shape index (κ1) is 37.4. The molecule has 0 unspecified atom stereocenters. The van der Waals surface area contributed by atoms with Crippen molar-refractivity contribution >= 4 is 108 Å². The van der Waals surface area contributed by atoms with Gasteiger partial charge in [-0.3, -0.25) is 4.57 Å². The van der Waals surface area contributed by atoms with Crippen molar-refractivity contribution in [3.05, 3.63) is 194 Å². The molecule has 0 atom stereocenters. The summed E-state index contributed by atoms with van der Waals surface area (Å²) in [6, 6.07) is 69.2. The Kier molecular flexibility index (Phi) is 8.45. The Morgan fingerprint density at radius 3 is 1.80 bits per heavy atom. The lowest BCUT2D eigenvalue weighted by Gasteiger charge is -2.14. The smallest absolute Gasteiger partial charge is 0.238 e. The van der Waals surface area contributed by atoms with Gasteiger partial charge in [-0.15, -0.1) is 11.3 Å². The molecule has 0 aliphatic rings. The minimum atomic E-state index is 0.545. The van der Waals surface area contributed by atoms with Gasteiger partial charge < -0.3 is 4.42 Å². The SMILES string of the molecule is CC.c1ccc2cc(-c3nc(-c4ccc5c(c4)oc4ccccc45)nc(-n4c5c(-c6ccc7c(c6)sc6ccccc67)cccc5c5c6ccccc6c6ccccc6c54)n3)ccc2c1. The van der Waals surface area contributed by atoms with Crippen molar-refractivity contribution in [2.45, 2.75) is 13.8 Å². The fourth-order valence-corrected chi connectivity index (χ4v) is 11.1. The highest BCUT2D eigenvalue weighted by molar-refractivity contribution is 7.25. The molecule has 14 rings (SSSR count). The third kappa shape index (κ3) is 5.74. The summed E-state index contributed by atoms with van der Waals surface area (Å²) in [5.74, 6) is 1.70. The van der Waals surface area contributed by atoms with Crippen LogP contribution < -0.4 is 0 Å². The molecule has 0 radical (unpaired) electrons. The molecule has 0 saturated heterocycles. The molecule has 0 fully saturated rings. The summed E-state index contributed by atoms with van der Waals surface area (Å²) in [7, 11) is 0. The molecule has 0 bridgehead atoms.